The zero-order chi connectivity index (χ0) is 34.2. The van der Waals surface area contributed by atoms with Gasteiger partial charge in [-0.15, -0.1) is 11.3 Å². The van der Waals surface area contributed by atoms with Gasteiger partial charge in [-0.3, -0.25) is 0 Å². The Labute approximate surface area is 302 Å². The zero-order valence-electron chi connectivity index (χ0n) is 27.7. The van der Waals surface area contributed by atoms with E-state index in [1.165, 1.54) is 30.9 Å². The van der Waals surface area contributed by atoms with Gasteiger partial charge in [-0.05, 0) is 63.7 Å². The maximum absolute atomic E-state index is 6.19. The van der Waals surface area contributed by atoms with Crippen molar-refractivity contribution in [2.75, 3.05) is 0 Å². The fourth-order valence-corrected chi connectivity index (χ4v) is 8.77. The number of rotatable bonds is 4. The number of fused-ring (bicyclic) bond motifs is 9. The topological polar surface area (TPSA) is 51.8 Å². The molecule has 4 nitrogen and oxygen atoms in total. The molecule has 0 spiro atoms. The molecule has 0 N–H and O–H groups in total. The highest BCUT2D eigenvalue weighted by Crippen LogP contribution is 2.39. The SMILES string of the molecule is c1ccc2c(c1)ccc1cccc(-c3nc(-c4ccc(-c5cccc6oc7ccccc7c56)cc4)nc(-c4ccc5sc6ccccc6c5c4)n3)c12. The largest absolute Gasteiger partial charge is 0.456 e. The first-order valence-electron chi connectivity index (χ1n) is 17.3. The molecule has 0 radical (unpaired) electrons. The third-order valence-electron chi connectivity index (χ3n) is 10.1. The van der Waals surface area contributed by atoms with Gasteiger partial charge in [0.05, 0.1) is 0 Å². The van der Waals surface area contributed by atoms with Gasteiger partial charge in [-0.1, -0.05) is 127 Å². The third kappa shape index (κ3) is 4.57. The first-order valence-corrected chi connectivity index (χ1v) is 18.2. The molecule has 0 fully saturated rings. The predicted octanol–water partition coefficient (Wildman–Crippen LogP) is 13.1. The Morgan fingerprint density at radius 3 is 1.88 bits per heavy atom. The van der Waals surface area contributed by atoms with Gasteiger partial charge in [0.15, 0.2) is 17.5 Å². The smallest absolute Gasteiger partial charge is 0.164 e. The van der Waals surface area contributed by atoms with E-state index in [-0.39, 0.29) is 0 Å². The van der Waals surface area contributed by atoms with Crippen LogP contribution in [0.25, 0.3) is 109 Å². The number of para-hydroxylation sites is 1. The van der Waals surface area contributed by atoms with E-state index >= 15 is 0 Å². The van der Waals surface area contributed by atoms with Gasteiger partial charge in [0.2, 0.25) is 0 Å². The number of nitrogens with zero attached hydrogens (tertiary/aromatic N) is 3. The van der Waals surface area contributed by atoms with E-state index in [0.717, 1.165) is 60.5 Å². The summed E-state index contributed by atoms with van der Waals surface area (Å²) in [5.74, 6) is 1.93. The van der Waals surface area contributed by atoms with Crippen LogP contribution in [0.4, 0.5) is 0 Å². The second-order valence-electron chi connectivity index (χ2n) is 13.2. The van der Waals surface area contributed by atoms with Crippen LogP contribution in [0.1, 0.15) is 0 Å². The molecule has 5 heteroatoms. The molecule has 0 aliphatic heterocycles. The fraction of sp³-hybridized carbons (Fsp3) is 0. The zero-order valence-corrected chi connectivity index (χ0v) is 28.6. The minimum Gasteiger partial charge on any atom is -0.456 e. The Morgan fingerprint density at radius 1 is 0.365 bits per heavy atom. The van der Waals surface area contributed by atoms with Crippen molar-refractivity contribution in [2.24, 2.45) is 0 Å². The molecule has 11 aromatic rings. The quantitative estimate of drug-likeness (QED) is 0.174. The Morgan fingerprint density at radius 2 is 0.981 bits per heavy atom. The van der Waals surface area contributed by atoms with Crippen LogP contribution in [0.2, 0.25) is 0 Å². The molecule has 0 amide bonds. The molecule has 0 aliphatic rings. The van der Waals surface area contributed by atoms with Crippen molar-refractivity contribution in [2.45, 2.75) is 0 Å². The lowest BCUT2D eigenvalue weighted by atomic mass is 9.97. The van der Waals surface area contributed by atoms with Crippen LogP contribution in [-0.2, 0) is 0 Å². The summed E-state index contributed by atoms with van der Waals surface area (Å²) in [6.45, 7) is 0. The Hall–Kier alpha value is -6.69. The Balaban J connectivity index is 1.11. The molecule has 3 aromatic heterocycles. The predicted molar refractivity (Wildman–Crippen MR) is 217 cm³/mol. The summed E-state index contributed by atoms with van der Waals surface area (Å²) in [4.78, 5) is 15.6. The van der Waals surface area contributed by atoms with Crippen molar-refractivity contribution in [3.63, 3.8) is 0 Å². The van der Waals surface area contributed by atoms with E-state index < -0.39 is 0 Å². The molecular formula is C47H27N3OS. The molecule has 242 valence electrons. The van der Waals surface area contributed by atoms with Crippen molar-refractivity contribution in [1.82, 2.24) is 15.0 Å². The number of furan rings is 1. The van der Waals surface area contributed by atoms with Crippen LogP contribution in [0.15, 0.2) is 168 Å². The van der Waals surface area contributed by atoms with E-state index in [1.54, 1.807) is 0 Å². The summed E-state index contributed by atoms with van der Waals surface area (Å²) in [5.41, 5.74) is 6.87. The van der Waals surface area contributed by atoms with E-state index in [4.69, 9.17) is 19.4 Å². The Kier molecular flexibility index (Phi) is 6.39. The number of hydrogen-bond donors (Lipinski definition) is 0. The molecule has 0 aliphatic carbocycles. The highest BCUT2D eigenvalue weighted by molar-refractivity contribution is 7.25. The second-order valence-corrected chi connectivity index (χ2v) is 14.2. The second kappa shape index (κ2) is 11.4. The summed E-state index contributed by atoms with van der Waals surface area (Å²) >= 11 is 1.81. The van der Waals surface area contributed by atoms with Gasteiger partial charge in [0, 0.05) is 53.0 Å². The minimum absolute atomic E-state index is 0.631. The van der Waals surface area contributed by atoms with Gasteiger partial charge in [-0.25, -0.2) is 15.0 Å². The summed E-state index contributed by atoms with van der Waals surface area (Å²) in [6, 6.07) is 57.4. The molecule has 8 aromatic carbocycles. The van der Waals surface area contributed by atoms with Crippen LogP contribution in [-0.4, -0.2) is 15.0 Å². The highest BCUT2D eigenvalue weighted by atomic mass is 32.1. The van der Waals surface area contributed by atoms with E-state index in [1.807, 2.05) is 29.5 Å². The monoisotopic (exact) mass is 681 g/mol. The van der Waals surface area contributed by atoms with Gasteiger partial charge in [0.25, 0.3) is 0 Å². The average molecular weight is 682 g/mol. The molecule has 3 heterocycles. The Bertz CT molecular complexity index is 3190. The minimum atomic E-state index is 0.631. The van der Waals surface area contributed by atoms with Crippen LogP contribution < -0.4 is 0 Å². The number of benzene rings is 8. The van der Waals surface area contributed by atoms with Crippen molar-refractivity contribution < 1.29 is 4.42 Å². The summed E-state index contributed by atoms with van der Waals surface area (Å²) < 4.78 is 8.71. The summed E-state index contributed by atoms with van der Waals surface area (Å²) in [5, 5.41) is 9.34. The van der Waals surface area contributed by atoms with Crippen LogP contribution >= 0.6 is 11.3 Å². The molecule has 0 unspecified atom stereocenters. The van der Waals surface area contributed by atoms with Gasteiger partial charge in [-0.2, -0.15) is 0 Å². The lowest BCUT2D eigenvalue weighted by Gasteiger charge is -2.12. The molecule has 52 heavy (non-hydrogen) atoms. The van der Waals surface area contributed by atoms with E-state index in [2.05, 4.69) is 146 Å². The third-order valence-corrected chi connectivity index (χ3v) is 11.3. The molecule has 0 saturated carbocycles. The van der Waals surface area contributed by atoms with Crippen molar-refractivity contribution in [1.29, 1.82) is 0 Å². The first-order chi connectivity index (χ1) is 25.7. The summed E-state index contributed by atoms with van der Waals surface area (Å²) in [6.07, 6.45) is 0. The molecule has 0 bridgehead atoms. The van der Waals surface area contributed by atoms with E-state index in [0.29, 0.717) is 17.5 Å². The highest BCUT2D eigenvalue weighted by Gasteiger charge is 2.18. The van der Waals surface area contributed by atoms with Crippen LogP contribution in [0, 0.1) is 0 Å². The van der Waals surface area contributed by atoms with Gasteiger partial charge < -0.3 is 4.42 Å². The summed E-state index contributed by atoms with van der Waals surface area (Å²) in [7, 11) is 0. The van der Waals surface area contributed by atoms with Crippen LogP contribution in [0.3, 0.4) is 0 Å². The van der Waals surface area contributed by atoms with Crippen LogP contribution in [0.5, 0.6) is 0 Å². The lowest BCUT2D eigenvalue weighted by molar-refractivity contribution is 0.669. The standard InChI is InChI=1S/C47H27N3OS/c1-2-11-33-28(9-1)19-22-30-10-7-15-37(43(30)33)47-49-45(48-46(50-47)32-25-26-42-38(27-32)35-12-4-6-18-41(35)52-42)31-23-20-29(21-24-31)34-14-8-17-40-44(34)36-13-3-5-16-39(36)51-40/h1-27H. The van der Waals surface area contributed by atoms with Crippen molar-refractivity contribution >= 4 is 75.0 Å². The average Bonchev–Trinajstić information content (AvgIpc) is 3.79. The van der Waals surface area contributed by atoms with Gasteiger partial charge in [0.1, 0.15) is 11.2 Å². The van der Waals surface area contributed by atoms with Crippen molar-refractivity contribution in [3.05, 3.63) is 164 Å². The fourth-order valence-electron chi connectivity index (χ4n) is 7.68. The lowest BCUT2D eigenvalue weighted by Crippen LogP contribution is -2.00. The molecule has 0 atom stereocenters. The molecule has 11 rings (SSSR count). The number of aromatic nitrogens is 3. The number of thiophene rings is 1. The number of hydrogen-bond acceptors (Lipinski definition) is 5. The van der Waals surface area contributed by atoms with E-state index in [9.17, 15) is 0 Å². The van der Waals surface area contributed by atoms with Crippen molar-refractivity contribution in [3.8, 4) is 45.3 Å². The maximum Gasteiger partial charge on any atom is 0.164 e. The molecule has 0 saturated heterocycles. The first kappa shape index (κ1) is 29.1. The molecular weight excluding hydrogens is 655 g/mol. The normalized spacial score (nSPS) is 11.8. The maximum atomic E-state index is 6.19. The van der Waals surface area contributed by atoms with Gasteiger partial charge >= 0.3 is 0 Å².